The van der Waals surface area contributed by atoms with E-state index in [-0.39, 0.29) is 5.92 Å². The third-order valence-corrected chi connectivity index (χ3v) is 1.55. The summed E-state index contributed by atoms with van der Waals surface area (Å²) in [5.74, 6) is 0.345. The maximum Gasteiger partial charge on any atom is 0.126 e. The van der Waals surface area contributed by atoms with Gasteiger partial charge in [-0.05, 0) is 18.9 Å². The van der Waals surface area contributed by atoms with Gasteiger partial charge < -0.3 is 9.90 Å². The fourth-order valence-corrected chi connectivity index (χ4v) is 1.04. The Morgan fingerprint density at radius 3 is 3.00 bits per heavy atom. The first-order valence-electron chi connectivity index (χ1n) is 3.18. The summed E-state index contributed by atoms with van der Waals surface area (Å²) < 4.78 is 0. The Kier molecular flexibility index (Phi) is 1.88. The molecule has 1 aliphatic carbocycles. The van der Waals surface area contributed by atoms with E-state index in [1.54, 1.807) is 6.08 Å². The van der Waals surface area contributed by atoms with E-state index in [0.29, 0.717) is 5.76 Å². The molecule has 1 aliphatic rings. The first-order valence-corrected chi connectivity index (χ1v) is 3.18. The molecule has 2 nitrogen and oxygen atoms in total. The fourth-order valence-electron chi connectivity index (χ4n) is 1.04. The fraction of sp³-hybridized carbons (Fsp3) is 0.571. The third kappa shape index (κ3) is 1.56. The molecule has 1 N–H and O–H groups in total. The van der Waals surface area contributed by atoms with E-state index >= 15 is 0 Å². The lowest BCUT2D eigenvalue weighted by Gasteiger charge is -2.11. The molecular formula is C7H10O2. The highest BCUT2D eigenvalue weighted by molar-refractivity contribution is 5.56. The van der Waals surface area contributed by atoms with Crippen LogP contribution < -0.4 is 0 Å². The molecule has 0 aromatic carbocycles. The summed E-state index contributed by atoms with van der Waals surface area (Å²) in [6.45, 7) is 0. The molecule has 0 heterocycles. The van der Waals surface area contributed by atoms with Crippen molar-refractivity contribution >= 4 is 6.29 Å². The minimum absolute atomic E-state index is 0.0289. The minimum Gasteiger partial charge on any atom is -0.513 e. The summed E-state index contributed by atoms with van der Waals surface area (Å²) in [6.07, 6.45) is 5.09. The Bertz CT molecular complexity index is 138. The maximum absolute atomic E-state index is 10.1. The van der Waals surface area contributed by atoms with Crippen LogP contribution in [-0.2, 0) is 4.79 Å². The standard InChI is InChI=1S/C7H10O2/c8-5-6-2-1-3-7(9)4-6/h4-6,9H,1-3H2. The van der Waals surface area contributed by atoms with Crippen molar-refractivity contribution in [1.29, 1.82) is 0 Å². The van der Waals surface area contributed by atoms with E-state index in [4.69, 9.17) is 5.11 Å². The van der Waals surface area contributed by atoms with Crippen LogP contribution in [0.4, 0.5) is 0 Å². The van der Waals surface area contributed by atoms with Gasteiger partial charge in [-0.2, -0.15) is 0 Å². The zero-order valence-corrected chi connectivity index (χ0v) is 5.21. The van der Waals surface area contributed by atoms with Crippen molar-refractivity contribution in [1.82, 2.24) is 0 Å². The Morgan fingerprint density at radius 1 is 1.78 bits per heavy atom. The summed E-state index contributed by atoms with van der Waals surface area (Å²) in [5.41, 5.74) is 0. The number of aliphatic hydroxyl groups excluding tert-OH is 1. The summed E-state index contributed by atoms with van der Waals surface area (Å²) in [4.78, 5) is 10.1. The van der Waals surface area contributed by atoms with Gasteiger partial charge in [0, 0.05) is 12.3 Å². The molecule has 0 saturated heterocycles. The van der Waals surface area contributed by atoms with Crippen molar-refractivity contribution in [2.75, 3.05) is 0 Å². The van der Waals surface area contributed by atoms with Crippen LogP contribution in [0.5, 0.6) is 0 Å². The number of aliphatic hydroxyl groups is 1. The zero-order chi connectivity index (χ0) is 6.69. The van der Waals surface area contributed by atoms with E-state index in [9.17, 15) is 4.79 Å². The van der Waals surface area contributed by atoms with Crippen LogP contribution in [0.25, 0.3) is 0 Å². The lowest BCUT2D eigenvalue weighted by molar-refractivity contribution is -0.110. The Labute approximate surface area is 54.2 Å². The molecule has 0 aromatic heterocycles. The lowest BCUT2D eigenvalue weighted by Crippen LogP contribution is -2.04. The quantitative estimate of drug-likeness (QED) is 0.539. The first kappa shape index (κ1) is 6.33. The Hall–Kier alpha value is -0.790. The van der Waals surface area contributed by atoms with Crippen molar-refractivity contribution in [3.05, 3.63) is 11.8 Å². The van der Waals surface area contributed by atoms with Crippen LogP contribution in [0.15, 0.2) is 11.8 Å². The lowest BCUT2D eigenvalue weighted by atomic mass is 9.96. The van der Waals surface area contributed by atoms with Crippen LogP contribution in [-0.4, -0.2) is 11.4 Å². The summed E-state index contributed by atoms with van der Waals surface area (Å²) in [5, 5.41) is 8.91. The second-order valence-corrected chi connectivity index (χ2v) is 2.35. The number of carbonyl (C=O) groups excluding carboxylic acids is 1. The number of hydrogen-bond acceptors (Lipinski definition) is 2. The van der Waals surface area contributed by atoms with Gasteiger partial charge in [0.25, 0.3) is 0 Å². The predicted octanol–water partition coefficient (Wildman–Crippen LogP) is 1.43. The first-order chi connectivity index (χ1) is 4.33. The normalized spacial score (nSPS) is 27.1. The number of hydrogen-bond donors (Lipinski definition) is 1. The van der Waals surface area contributed by atoms with Gasteiger partial charge in [-0.1, -0.05) is 0 Å². The Balaban J connectivity index is 2.56. The molecule has 9 heavy (non-hydrogen) atoms. The summed E-state index contributed by atoms with van der Waals surface area (Å²) in [7, 11) is 0. The van der Waals surface area contributed by atoms with Crippen molar-refractivity contribution in [2.24, 2.45) is 5.92 Å². The van der Waals surface area contributed by atoms with Crippen molar-refractivity contribution in [3.8, 4) is 0 Å². The van der Waals surface area contributed by atoms with Gasteiger partial charge >= 0.3 is 0 Å². The van der Waals surface area contributed by atoms with Crippen molar-refractivity contribution < 1.29 is 9.90 Å². The maximum atomic E-state index is 10.1. The minimum atomic E-state index is -0.0289. The van der Waals surface area contributed by atoms with Gasteiger partial charge in [0.15, 0.2) is 0 Å². The highest BCUT2D eigenvalue weighted by atomic mass is 16.3. The highest BCUT2D eigenvalue weighted by Gasteiger charge is 2.10. The Morgan fingerprint density at radius 2 is 2.56 bits per heavy atom. The van der Waals surface area contributed by atoms with Gasteiger partial charge in [0.2, 0.25) is 0 Å². The van der Waals surface area contributed by atoms with Crippen LogP contribution in [0.2, 0.25) is 0 Å². The summed E-state index contributed by atoms with van der Waals surface area (Å²) in [6, 6.07) is 0. The molecular weight excluding hydrogens is 116 g/mol. The van der Waals surface area contributed by atoms with Crippen LogP contribution in [0.3, 0.4) is 0 Å². The molecule has 1 unspecified atom stereocenters. The van der Waals surface area contributed by atoms with Gasteiger partial charge in [0.05, 0.1) is 5.76 Å². The molecule has 0 amide bonds. The zero-order valence-electron chi connectivity index (χ0n) is 5.21. The SMILES string of the molecule is O=CC1C=C(O)CCC1. The molecule has 1 atom stereocenters. The van der Waals surface area contributed by atoms with E-state index < -0.39 is 0 Å². The second kappa shape index (κ2) is 2.67. The number of rotatable bonds is 1. The molecule has 0 bridgehead atoms. The molecule has 50 valence electrons. The second-order valence-electron chi connectivity index (χ2n) is 2.35. The molecule has 0 saturated carbocycles. The van der Waals surface area contributed by atoms with E-state index in [0.717, 1.165) is 25.5 Å². The van der Waals surface area contributed by atoms with E-state index in [2.05, 4.69) is 0 Å². The molecule has 0 fully saturated rings. The number of aldehydes is 1. The molecule has 0 aliphatic heterocycles. The largest absolute Gasteiger partial charge is 0.513 e. The van der Waals surface area contributed by atoms with Crippen molar-refractivity contribution in [3.63, 3.8) is 0 Å². The topological polar surface area (TPSA) is 37.3 Å². The molecule has 0 spiro atoms. The smallest absolute Gasteiger partial charge is 0.126 e. The highest BCUT2D eigenvalue weighted by Crippen LogP contribution is 2.18. The number of carbonyl (C=O) groups is 1. The van der Waals surface area contributed by atoms with E-state index in [1.807, 2.05) is 0 Å². The number of allylic oxidation sites excluding steroid dienone is 2. The van der Waals surface area contributed by atoms with Gasteiger partial charge in [-0.25, -0.2) is 0 Å². The van der Waals surface area contributed by atoms with Gasteiger partial charge in [-0.15, -0.1) is 0 Å². The van der Waals surface area contributed by atoms with Crippen LogP contribution >= 0.6 is 0 Å². The molecule has 2 heteroatoms. The van der Waals surface area contributed by atoms with Crippen LogP contribution in [0.1, 0.15) is 19.3 Å². The monoisotopic (exact) mass is 126 g/mol. The average Bonchev–Trinajstić information content (AvgIpc) is 1.88. The van der Waals surface area contributed by atoms with Crippen LogP contribution in [0, 0.1) is 5.92 Å². The van der Waals surface area contributed by atoms with E-state index in [1.165, 1.54) is 0 Å². The van der Waals surface area contributed by atoms with Gasteiger partial charge in [0.1, 0.15) is 6.29 Å². The predicted molar refractivity (Wildman–Crippen MR) is 34.1 cm³/mol. The molecule has 1 rings (SSSR count). The third-order valence-electron chi connectivity index (χ3n) is 1.55. The summed E-state index contributed by atoms with van der Waals surface area (Å²) >= 11 is 0. The van der Waals surface area contributed by atoms with Gasteiger partial charge in [-0.3, -0.25) is 0 Å². The molecule has 0 aromatic rings. The average molecular weight is 126 g/mol. The molecule has 0 radical (unpaired) electrons. The van der Waals surface area contributed by atoms with Crippen molar-refractivity contribution in [2.45, 2.75) is 19.3 Å².